The van der Waals surface area contributed by atoms with Gasteiger partial charge in [0.1, 0.15) is 11.9 Å². The van der Waals surface area contributed by atoms with Crippen molar-refractivity contribution in [2.24, 2.45) is 12.5 Å². The van der Waals surface area contributed by atoms with Crippen LogP contribution in [0.3, 0.4) is 0 Å². The summed E-state index contributed by atoms with van der Waals surface area (Å²) in [6, 6.07) is 6.55. The molecule has 1 aromatic carbocycles. The molecule has 2 heterocycles. The van der Waals surface area contributed by atoms with Gasteiger partial charge in [-0.25, -0.2) is 0 Å². The molecule has 31 heavy (non-hydrogen) atoms. The number of aryl methyl sites for hydroxylation is 1. The summed E-state index contributed by atoms with van der Waals surface area (Å²) >= 11 is 0. The van der Waals surface area contributed by atoms with Crippen LogP contribution in [0.15, 0.2) is 30.3 Å². The van der Waals surface area contributed by atoms with Gasteiger partial charge in [0.2, 0.25) is 5.91 Å². The van der Waals surface area contributed by atoms with Crippen LogP contribution in [-0.2, 0) is 29.2 Å². The van der Waals surface area contributed by atoms with E-state index >= 15 is 0 Å². The van der Waals surface area contributed by atoms with Gasteiger partial charge in [-0.3, -0.25) is 9.48 Å². The van der Waals surface area contributed by atoms with Crippen LogP contribution in [0.5, 0.6) is 5.75 Å². The molecule has 0 saturated carbocycles. The smallest absolute Gasteiger partial charge is 0.416 e. The van der Waals surface area contributed by atoms with Crippen LogP contribution in [0.4, 0.5) is 13.2 Å². The highest BCUT2D eigenvalue weighted by Crippen LogP contribution is 2.30. The molecule has 3 rings (SSSR count). The van der Waals surface area contributed by atoms with E-state index in [1.54, 1.807) is 4.68 Å². The normalized spacial score (nSPS) is 17.6. The first-order valence-corrected chi connectivity index (χ1v) is 10.2. The summed E-state index contributed by atoms with van der Waals surface area (Å²) in [6.07, 6.45) is -4.13. The van der Waals surface area contributed by atoms with Gasteiger partial charge in [-0.1, -0.05) is 20.8 Å². The first kappa shape index (κ1) is 23.1. The number of rotatable bonds is 5. The van der Waals surface area contributed by atoms with Crippen molar-refractivity contribution in [2.45, 2.75) is 39.5 Å². The molecule has 1 aromatic heterocycles. The minimum absolute atomic E-state index is 0.0851. The van der Waals surface area contributed by atoms with E-state index < -0.39 is 17.2 Å². The zero-order valence-electron chi connectivity index (χ0n) is 18.2. The van der Waals surface area contributed by atoms with E-state index in [2.05, 4.69) is 5.10 Å². The van der Waals surface area contributed by atoms with Gasteiger partial charge in [-0.15, -0.1) is 0 Å². The molecular weight excluding hydrogens is 411 g/mol. The fraction of sp³-hybridized carbons (Fsp3) is 0.545. The number of amides is 1. The van der Waals surface area contributed by atoms with E-state index in [1.165, 1.54) is 12.1 Å². The van der Waals surface area contributed by atoms with E-state index in [1.807, 2.05) is 38.8 Å². The lowest BCUT2D eigenvalue weighted by Gasteiger charge is -2.35. The van der Waals surface area contributed by atoms with Gasteiger partial charge in [0, 0.05) is 31.1 Å². The van der Waals surface area contributed by atoms with Crippen molar-refractivity contribution < 1.29 is 27.4 Å². The summed E-state index contributed by atoms with van der Waals surface area (Å²) in [5, 5.41) is 4.53. The summed E-state index contributed by atoms with van der Waals surface area (Å²) in [7, 11) is 1.82. The van der Waals surface area contributed by atoms with Crippen LogP contribution in [0.2, 0.25) is 0 Å². The molecule has 1 aliphatic rings. The van der Waals surface area contributed by atoms with Crippen LogP contribution in [-0.4, -0.2) is 46.9 Å². The lowest BCUT2D eigenvalue weighted by molar-refractivity contribution is -0.147. The Balaban J connectivity index is 1.58. The second kappa shape index (κ2) is 8.90. The van der Waals surface area contributed by atoms with Crippen molar-refractivity contribution in [3.05, 3.63) is 47.3 Å². The highest BCUT2D eigenvalue weighted by Gasteiger charge is 2.33. The molecule has 0 N–H and O–H groups in total. The van der Waals surface area contributed by atoms with Crippen LogP contribution in [0, 0.1) is 5.41 Å². The molecule has 1 amide bonds. The summed E-state index contributed by atoms with van der Waals surface area (Å²) in [6.45, 7) is 7.46. The maximum atomic E-state index is 12.6. The Hall–Kier alpha value is -2.55. The van der Waals surface area contributed by atoms with Crippen molar-refractivity contribution in [2.75, 3.05) is 26.3 Å². The number of ether oxygens (including phenoxy) is 2. The third kappa shape index (κ3) is 5.78. The predicted molar refractivity (Wildman–Crippen MR) is 109 cm³/mol. The van der Waals surface area contributed by atoms with E-state index in [9.17, 15) is 18.0 Å². The fourth-order valence-corrected chi connectivity index (χ4v) is 3.42. The molecule has 0 bridgehead atoms. The zero-order chi connectivity index (χ0) is 22.8. The minimum atomic E-state index is -4.36. The first-order valence-electron chi connectivity index (χ1n) is 10.2. The molecule has 9 heteroatoms. The average Bonchev–Trinajstić information content (AvgIpc) is 3.07. The number of benzene rings is 1. The Bertz CT molecular complexity index is 901. The Morgan fingerprint density at radius 3 is 2.52 bits per heavy atom. The molecule has 1 aliphatic heterocycles. The van der Waals surface area contributed by atoms with Crippen LogP contribution < -0.4 is 4.74 Å². The number of morpholine rings is 1. The largest absolute Gasteiger partial charge is 0.493 e. The minimum Gasteiger partial charge on any atom is -0.493 e. The monoisotopic (exact) mass is 439 g/mol. The van der Waals surface area contributed by atoms with Crippen LogP contribution >= 0.6 is 0 Å². The highest BCUT2D eigenvalue weighted by atomic mass is 19.4. The fourth-order valence-electron chi connectivity index (χ4n) is 3.42. The molecule has 0 radical (unpaired) electrons. The third-order valence-electron chi connectivity index (χ3n) is 5.13. The van der Waals surface area contributed by atoms with Gasteiger partial charge in [-0.2, -0.15) is 18.3 Å². The molecule has 2 aromatic rings. The van der Waals surface area contributed by atoms with E-state index in [-0.39, 0.29) is 12.0 Å². The molecule has 1 atom stereocenters. The second-order valence-electron chi connectivity index (χ2n) is 8.67. The van der Waals surface area contributed by atoms with E-state index in [0.717, 1.165) is 23.5 Å². The molecule has 1 saturated heterocycles. The first-order chi connectivity index (χ1) is 14.4. The summed E-state index contributed by atoms with van der Waals surface area (Å²) < 4.78 is 51.1. The van der Waals surface area contributed by atoms with Gasteiger partial charge in [-0.05, 0) is 30.3 Å². The van der Waals surface area contributed by atoms with Gasteiger partial charge < -0.3 is 14.4 Å². The van der Waals surface area contributed by atoms with Crippen molar-refractivity contribution in [3.63, 3.8) is 0 Å². The maximum absolute atomic E-state index is 12.6. The Morgan fingerprint density at radius 2 is 1.90 bits per heavy atom. The second-order valence-corrected chi connectivity index (χ2v) is 8.67. The zero-order valence-corrected chi connectivity index (χ0v) is 18.2. The molecule has 1 fully saturated rings. The number of carbonyl (C=O) groups excluding carboxylic acids is 1. The molecule has 0 spiro atoms. The summed E-state index contributed by atoms with van der Waals surface area (Å²) in [5.74, 6) is 0.462. The summed E-state index contributed by atoms with van der Waals surface area (Å²) in [5.41, 5.74) is 0.498. The summed E-state index contributed by atoms with van der Waals surface area (Å²) in [4.78, 5) is 14.4. The topological polar surface area (TPSA) is 56.6 Å². The number of nitrogens with zero attached hydrogens (tertiary/aromatic N) is 3. The van der Waals surface area contributed by atoms with Crippen LogP contribution in [0.1, 0.15) is 43.8 Å². The maximum Gasteiger partial charge on any atom is 0.416 e. The van der Waals surface area contributed by atoms with E-state index in [4.69, 9.17) is 9.47 Å². The lowest BCUT2D eigenvalue weighted by atomic mass is 9.94. The molecule has 6 nitrogen and oxygen atoms in total. The SMILES string of the molecule is Cn1nc(C2CN(C(=O)C(C)(C)C)CCO2)cc1CCOc1ccc(C(F)(F)F)cc1. The number of aromatic nitrogens is 2. The van der Waals surface area contributed by atoms with Crippen molar-refractivity contribution in [3.8, 4) is 5.75 Å². The van der Waals surface area contributed by atoms with E-state index in [0.29, 0.717) is 38.5 Å². The lowest BCUT2D eigenvalue weighted by Crippen LogP contribution is -2.47. The van der Waals surface area contributed by atoms with Crippen molar-refractivity contribution in [1.82, 2.24) is 14.7 Å². The Kier molecular flexibility index (Phi) is 6.64. The standard InChI is InChI=1S/C22H28F3N3O3/c1-21(2,3)20(29)28-10-12-31-19(14-28)18-13-16(27(4)26-18)9-11-30-17-7-5-15(6-8-17)22(23,24)25/h5-8,13,19H,9-12,14H2,1-4H3. The number of carbonyl (C=O) groups is 1. The molecule has 170 valence electrons. The molecule has 1 unspecified atom stereocenters. The molecule has 0 aliphatic carbocycles. The van der Waals surface area contributed by atoms with Gasteiger partial charge >= 0.3 is 6.18 Å². The quantitative estimate of drug-likeness (QED) is 0.707. The highest BCUT2D eigenvalue weighted by molar-refractivity contribution is 5.81. The number of hydrogen-bond acceptors (Lipinski definition) is 4. The predicted octanol–water partition coefficient (Wildman–Crippen LogP) is 4.01. The Morgan fingerprint density at radius 1 is 1.23 bits per heavy atom. The Labute approximate surface area is 179 Å². The van der Waals surface area contributed by atoms with Gasteiger partial charge in [0.05, 0.1) is 31.0 Å². The van der Waals surface area contributed by atoms with Gasteiger partial charge in [0.25, 0.3) is 0 Å². The number of hydrogen-bond donors (Lipinski definition) is 0. The molecular formula is C22H28F3N3O3. The van der Waals surface area contributed by atoms with Crippen molar-refractivity contribution >= 4 is 5.91 Å². The van der Waals surface area contributed by atoms with Crippen LogP contribution in [0.25, 0.3) is 0 Å². The number of halogens is 3. The number of alkyl halides is 3. The van der Waals surface area contributed by atoms with Crippen molar-refractivity contribution in [1.29, 1.82) is 0 Å². The van der Waals surface area contributed by atoms with Gasteiger partial charge in [0.15, 0.2) is 0 Å². The third-order valence-corrected chi connectivity index (χ3v) is 5.13. The average molecular weight is 439 g/mol.